The highest BCUT2D eigenvalue weighted by Crippen LogP contribution is 2.26. The smallest absolute Gasteiger partial charge is 0.411 e. The Morgan fingerprint density at radius 1 is 1.53 bits per heavy atom. The first-order valence-corrected chi connectivity index (χ1v) is 5.42. The second-order valence-electron chi connectivity index (χ2n) is 2.98. The molecule has 2 N–H and O–H groups in total. The highest BCUT2D eigenvalue weighted by molar-refractivity contribution is 9.10. The Labute approximate surface area is 106 Å². The van der Waals surface area contributed by atoms with Gasteiger partial charge in [0.2, 0.25) is 0 Å². The Kier molecular flexibility index (Phi) is 4.71. The van der Waals surface area contributed by atoms with Crippen molar-refractivity contribution in [2.24, 2.45) is 0 Å². The number of rotatable bonds is 4. The third kappa shape index (κ3) is 3.60. The lowest BCUT2D eigenvalue weighted by Gasteiger charge is -2.10. The first kappa shape index (κ1) is 13.2. The van der Waals surface area contributed by atoms with Gasteiger partial charge in [0, 0.05) is 4.47 Å². The Balaban J connectivity index is 2.92. The number of amides is 1. The average molecular weight is 300 g/mol. The van der Waals surface area contributed by atoms with Gasteiger partial charge in [-0.3, -0.25) is 5.32 Å². The van der Waals surface area contributed by atoms with E-state index in [-0.39, 0.29) is 17.9 Å². The first-order chi connectivity index (χ1) is 8.06. The van der Waals surface area contributed by atoms with Crippen LogP contribution < -0.4 is 5.32 Å². The summed E-state index contributed by atoms with van der Waals surface area (Å²) in [5, 5.41) is 11.3. The summed E-state index contributed by atoms with van der Waals surface area (Å²) >= 11 is 3.16. The van der Waals surface area contributed by atoms with Crippen LogP contribution in [0.25, 0.3) is 0 Å². The molecule has 0 heterocycles. The molecule has 0 fully saturated rings. The molecule has 0 aliphatic carbocycles. The van der Waals surface area contributed by atoms with Gasteiger partial charge >= 0.3 is 12.1 Å². The zero-order chi connectivity index (χ0) is 12.8. The van der Waals surface area contributed by atoms with Crippen LogP contribution >= 0.6 is 15.9 Å². The molecule has 1 rings (SSSR count). The maximum atomic E-state index is 11.3. The molecule has 0 radical (unpaired) electrons. The van der Waals surface area contributed by atoms with E-state index in [2.05, 4.69) is 27.8 Å². The van der Waals surface area contributed by atoms with Crippen molar-refractivity contribution in [1.29, 1.82) is 0 Å². The molecule has 6 heteroatoms. The van der Waals surface area contributed by atoms with E-state index in [4.69, 9.17) is 9.84 Å². The maximum absolute atomic E-state index is 11.3. The number of benzene rings is 1. The number of aromatic carboxylic acids is 1. The van der Waals surface area contributed by atoms with Crippen LogP contribution in [0.3, 0.4) is 0 Å². The summed E-state index contributed by atoms with van der Waals surface area (Å²) in [6.07, 6.45) is 0.678. The van der Waals surface area contributed by atoms with Crippen LogP contribution in [0, 0.1) is 0 Å². The summed E-state index contributed by atoms with van der Waals surface area (Å²) in [6, 6.07) is 4.57. The van der Waals surface area contributed by atoms with Gasteiger partial charge in [0.25, 0.3) is 0 Å². The minimum atomic E-state index is -1.13. The molecule has 0 spiro atoms. The van der Waals surface area contributed by atoms with Crippen molar-refractivity contribution < 1.29 is 19.4 Å². The molecule has 1 aromatic carbocycles. The monoisotopic (exact) mass is 299 g/mol. The molecule has 0 unspecified atom stereocenters. The summed E-state index contributed by atoms with van der Waals surface area (Å²) in [5.41, 5.74) is 0.143. The van der Waals surface area contributed by atoms with Crippen LogP contribution in [-0.4, -0.2) is 23.8 Å². The standard InChI is InChI=1S/C11H10BrNO4/c1-2-6-17-11(16)13-9-7(10(14)15)4-3-5-8(9)12/h2-5H,1,6H2,(H,13,16)(H,14,15). The number of hydrogen-bond donors (Lipinski definition) is 2. The van der Waals surface area contributed by atoms with Crippen molar-refractivity contribution >= 4 is 33.7 Å². The number of halogens is 1. The Morgan fingerprint density at radius 3 is 2.82 bits per heavy atom. The zero-order valence-corrected chi connectivity index (χ0v) is 10.4. The number of carbonyl (C=O) groups excluding carboxylic acids is 1. The third-order valence-corrected chi connectivity index (χ3v) is 2.46. The Bertz CT molecular complexity index is 459. The van der Waals surface area contributed by atoms with Gasteiger partial charge in [0.05, 0.1) is 11.3 Å². The number of hydrogen-bond acceptors (Lipinski definition) is 3. The molecule has 5 nitrogen and oxygen atoms in total. The van der Waals surface area contributed by atoms with Crippen LogP contribution in [0.5, 0.6) is 0 Å². The van der Waals surface area contributed by atoms with Crippen molar-refractivity contribution in [1.82, 2.24) is 0 Å². The highest BCUT2D eigenvalue weighted by Gasteiger charge is 2.15. The Hall–Kier alpha value is -1.82. The number of carboxylic acids is 1. The second kappa shape index (κ2) is 6.05. The molecule has 0 aromatic heterocycles. The van der Waals surface area contributed by atoms with Crippen molar-refractivity contribution in [2.75, 3.05) is 11.9 Å². The molecule has 0 saturated heterocycles. The molecule has 0 saturated carbocycles. The quantitative estimate of drug-likeness (QED) is 0.838. The summed E-state index contributed by atoms with van der Waals surface area (Å²) in [5.74, 6) is -1.13. The Morgan fingerprint density at radius 2 is 2.24 bits per heavy atom. The number of anilines is 1. The molecule has 17 heavy (non-hydrogen) atoms. The molecule has 0 aliphatic rings. The summed E-state index contributed by atoms with van der Waals surface area (Å²) in [6.45, 7) is 3.45. The van der Waals surface area contributed by atoms with Gasteiger partial charge in [-0.1, -0.05) is 18.7 Å². The van der Waals surface area contributed by atoms with Crippen LogP contribution in [-0.2, 0) is 4.74 Å². The van der Waals surface area contributed by atoms with Crippen molar-refractivity contribution in [3.05, 3.63) is 40.9 Å². The SMILES string of the molecule is C=CCOC(=O)Nc1c(Br)cccc1C(=O)O. The molecular formula is C11H10BrNO4. The van der Waals surface area contributed by atoms with Crippen LogP contribution in [0.1, 0.15) is 10.4 Å². The molecule has 90 valence electrons. The minimum Gasteiger partial charge on any atom is -0.478 e. The number of ether oxygens (including phenoxy) is 1. The summed E-state index contributed by atoms with van der Waals surface area (Å²) in [7, 11) is 0. The van der Waals surface area contributed by atoms with E-state index >= 15 is 0 Å². The third-order valence-electron chi connectivity index (χ3n) is 1.80. The molecule has 0 bridgehead atoms. The molecule has 0 atom stereocenters. The predicted octanol–water partition coefficient (Wildman–Crippen LogP) is 2.88. The van der Waals surface area contributed by atoms with Crippen molar-refractivity contribution in [3.63, 3.8) is 0 Å². The van der Waals surface area contributed by atoms with Crippen molar-refractivity contribution in [3.8, 4) is 0 Å². The zero-order valence-electron chi connectivity index (χ0n) is 8.77. The van der Waals surface area contributed by atoms with E-state index < -0.39 is 12.1 Å². The topological polar surface area (TPSA) is 75.6 Å². The van der Waals surface area contributed by atoms with Crippen LogP contribution in [0.4, 0.5) is 10.5 Å². The van der Waals surface area contributed by atoms with Gasteiger partial charge in [0.1, 0.15) is 6.61 Å². The number of carboxylic acid groups (broad SMARTS) is 1. The average Bonchev–Trinajstić information content (AvgIpc) is 2.28. The lowest BCUT2D eigenvalue weighted by Crippen LogP contribution is -2.16. The van der Waals surface area contributed by atoms with E-state index in [0.29, 0.717) is 4.47 Å². The highest BCUT2D eigenvalue weighted by atomic mass is 79.9. The fourth-order valence-corrected chi connectivity index (χ4v) is 1.57. The lowest BCUT2D eigenvalue weighted by molar-refractivity contribution is 0.0698. The van der Waals surface area contributed by atoms with E-state index in [1.54, 1.807) is 12.1 Å². The number of para-hydroxylation sites is 1. The maximum Gasteiger partial charge on any atom is 0.411 e. The van der Waals surface area contributed by atoms with Crippen LogP contribution in [0.15, 0.2) is 35.3 Å². The first-order valence-electron chi connectivity index (χ1n) is 4.62. The molecule has 1 aromatic rings. The van der Waals surface area contributed by atoms with E-state index in [0.717, 1.165) is 0 Å². The predicted molar refractivity (Wildman–Crippen MR) is 66.3 cm³/mol. The normalized spacial score (nSPS) is 9.47. The number of nitrogens with one attached hydrogen (secondary N) is 1. The van der Waals surface area contributed by atoms with Crippen LogP contribution in [0.2, 0.25) is 0 Å². The van der Waals surface area contributed by atoms with E-state index in [1.165, 1.54) is 12.1 Å². The van der Waals surface area contributed by atoms with Gasteiger partial charge in [-0.25, -0.2) is 9.59 Å². The molecule has 0 aliphatic heterocycles. The van der Waals surface area contributed by atoms with Gasteiger partial charge < -0.3 is 9.84 Å². The van der Waals surface area contributed by atoms with Crippen molar-refractivity contribution in [2.45, 2.75) is 0 Å². The molecule has 1 amide bonds. The van der Waals surface area contributed by atoms with Gasteiger partial charge in [-0.2, -0.15) is 0 Å². The molecular weight excluding hydrogens is 290 g/mol. The summed E-state index contributed by atoms with van der Waals surface area (Å²) < 4.78 is 5.17. The van der Waals surface area contributed by atoms with E-state index in [1.807, 2.05) is 0 Å². The largest absolute Gasteiger partial charge is 0.478 e. The minimum absolute atomic E-state index is 0.0186. The fourth-order valence-electron chi connectivity index (χ4n) is 1.10. The van der Waals surface area contributed by atoms with Gasteiger partial charge in [-0.05, 0) is 28.1 Å². The van der Waals surface area contributed by atoms with E-state index in [9.17, 15) is 9.59 Å². The van der Waals surface area contributed by atoms with Gasteiger partial charge in [0.15, 0.2) is 0 Å². The number of carbonyl (C=O) groups is 2. The van der Waals surface area contributed by atoms with Gasteiger partial charge in [-0.15, -0.1) is 0 Å². The lowest BCUT2D eigenvalue weighted by atomic mass is 10.2. The fraction of sp³-hybridized carbons (Fsp3) is 0.0909. The summed E-state index contributed by atoms with van der Waals surface area (Å²) in [4.78, 5) is 22.2. The second-order valence-corrected chi connectivity index (χ2v) is 3.83.